The van der Waals surface area contributed by atoms with E-state index in [-0.39, 0.29) is 6.61 Å². The minimum atomic E-state index is -0.781. The van der Waals surface area contributed by atoms with Crippen molar-refractivity contribution in [2.45, 2.75) is 26.4 Å². The van der Waals surface area contributed by atoms with Crippen LogP contribution in [0.4, 0.5) is 0 Å². The summed E-state index contributed by atoms with van der Waals surface area (Å²) in [6.07, 6.45) is 0. The molecule has 0 aliphatic carbocycles. The van der Waals surface area contributed by atoms with E-state index in [2.05, 4.69) is 18.7 Å². The number of hydrogen-bond donors (Lipinski definition) is 0. The predicted molar refractivity (Wildman–Crippen MR) is 52.3 cm³/mol. The Bertz CT molecular complexity index is 306. The molecule has 0 heterocycles. The molecule has 4 heteroatoms. The number of benzene rings is 1. The van der Waals surface area contributed by atoms with E-state index >= 15 is 0 Å². The van der Waals surface area contributed by atoms with E-state index in [0.29, 0.717) is 5.92 Å². The highest BCUT2D eigenvalue weighted by Crippen LogP contribution is 2.14. The maximum atomic E-state index is 9.93. The number of nitrogens with zero attached hydrogens (tertiary/aromatic N) is 1. The van der Waals surface area contributed by atoms with Crippen molar-refractivity contribution >= 4 is 0 Å². The molecule has 0 aliphatic heterocycles. The van der Waals surface area contributed by atoms with E-state index < -0.39 is 5.09 Å². The molecule has 1 aromatic rings. The van der Waals surface area contributed by atoms with Crippen LogP contribution >= 0.6 is 0 Å². The molecule has 14 heavy (non-hydrogen) atoms. The van der Waals surface area contributed by atoms with Crippen molar-refractivity contribution in [2.75, 3.05) is 0 Å². The highest BCUT2D eigenvalue weighted by Gasteiger charge is 2.00. The van der Waals surface area contributed by atoms with Gasteiger partial charge in [-0.3, -0.25) is 0 Å². The van der Waals surface area contributed by atoms with Gasteiger partial charge in [0, 0.05) is 0 Å². The van der Waals surface area contributed by atoms with Gasteiger partial charge in [-0.05, 0) is 17.0 Å². The van der Waals surface area contributed by atoms with Crippen LogP contribution in [0.25, 0.3) is 0 Å². The minimum Gasteiger partial charge on any atom is -0.309 e. The quantitative estimate of drug-likeness (QED) is 0.548. The van der Waals surface area contributed by atoms with Crippen LogP contribution in [-0.4, -0.2) is 5.09 Å². The lowest BCUT2D eigenvalue weighted by Gasteiger charge is -2.05. The van der Waals surface area contributed by atoms with Crippen molar-refractivity contribution < 1.29 is 9.92 Å². The molecule has 0 unspecified atom stereocenters. The van der Waals surface area contributed by atoms with Crippen molar-refractivity contribution in [3.05, 3.63) is 45.5 Å². The van der Waals surface area contributed by atoms with E-state index in [4.69, 9.17) is 0 Å². The standard InChI is InChI=1S/C10H13NO3/c1-8(2)10-5-3-9(4-6-10)7-14-11(12)13/h3-6,8H,7H2,1-2H3. The average Bonchev–Trinajstić information content (AvgIpc) is 2.15. The van der Waals surface area contributed by atoms with Crippen LogP contribution in [0.1, 0.15) is 30.9 Å². The number of hydrogen-bond acceptors (Lipinski definition) is 3. The van der Waals surface area contributed by atoms with Crippen LogP contribution in [-0.2, 0) is 11.4 Å². The van der Waals surface area contributed by atoms with Gasteiger partial charge >= 0.3 is 0 Å². The molecule has 0 fully saturated rings. The maximum Gasteiger partial charge on any atom is 0.294 e. The fraction of sp³-hybridized carbons (Fsp3) is 0.400. The topological polar surface area (TPSA) is 52.4 Å². The first-order valence-corrected chi connectivity index (χ1v) is 4.45. The van der Waals surface area contributed by atoms with Crippen molar-refractivity contribution in [1.29, 1.82) is 0 Å². The molecular formula is C10H13NO3. The molecular weight excluding hydrogens is 182 g/mol. The van der Waals surface area contributed by atoms with Gasteiger partial charge in [0.25, 0.3) is 5.09 Å². The summed E-state index contributed by atoms with van der Waals surface area (Å²) >= 11 is 0. The fourth-order valence-electron chi connectivity index (χ4n) is 1.13. The molecule has 0 bridgehead atoms. The molecule has 0 amide bonds. The van der Waals surface area contributed by atoms with Gasteiger partial charge in [0.15, 0.2) is 0 Å². The zero-order valence-corrected chi connectivity index (χ0v) is 8.27. The normalized spacial score (nSPS) is 10.2. The Labute approximate surface area is 82.6 Å². The van der Waals surface area contributed by atoms with Gasteiger partial charge in [-0.2, -0.15) is 0 Å². The summed E-state index contributed by atoms with van der Waals surface area (Å²) < 4.78 is 0. The summed E-state index contributed by atoms with van der Waals surface area (Å²) in [5, 5.41) is 9.15. The lowest BCUT2D eigenvalue weighted by Crippen LogP contribution is -2.00. The summed E-state index contributed by atoms with van der Waals surface area (Å²) in [5.41, 5.74) is 2.03. The Morgan fingerprint density at radius 2 is 1.93 bits per heavy atom. The first-order chi connectivity index (χ1) is 6.59. The summed E-state index contributed by atoms with van der Waals surface area (Å²) in [7, 11) is 0. The van der Waals surface area contributed by atoms with E-state index in [9.17, 15) is 10.1 Å². The van der Waals surface area contributed by atoms with Crippen LogP contribution < -0.4 is 0 Å². The zero-order valence-electron chi connectivity index (χ0n) is 8.27. The van der Waals surface area contributed by atoms with Crippen molar-refractivity contribution in [3.8, 4) is 0 Å². The second-order valence-corrected chi connectivity index (χ2v) is 3.39. The SMILES string of the molecule is CC(C)c1ccc(CO[N+](=O)[O-])cc1. The molecule has 0 aromatic heterocycles. The molecule has 0 saturated heterocycles. The summed E-state index contributed by atoms with van der Waals surface area (Å²) in [6, 6.07) is 7.62. The highest BCUT2D eigenvalue weighted by molar-refractivity contribution is 5.24. The fourth-order valence-corrected chi connectivity index (χ4v) is 1.13. The Balaban J connectivity index is 2.59. The highest BCUT2D eigenvalue weighted by atomic mass is 16.9. The second kappa shape index (κ2) is 4.60. The van der Waals surface area contributed by atoms with Crippen molar-refractivity contribution in [2.24, 2.45) is 0 Å². The van der Waals surface area contributed by atoms with Crippen LogP contribution in [0.5, 0.6) is 0 Å². The zero-order chi connectivity index (χ0) is 10.6. The molecule has 0 saturated carbocycles. The first-order valence-electron chi connectivity index (χ1n) is 4.45. The van der Waals surface area contributed by atoms with Gasteiger partial charge in [0.05, 0.1) is 0 Å². The first kappa shape index (κ1) is 10.5. The Hall–Kier alpha value is -1.58. The minimum absolute atomic E-state index is 0.0192. The van der Waals surface area contributed by atoms with Gasteiger partial charge in [-0.25, -0.2) is 0 Å². The second-order valence-electron chi connectivity index (χ2n) is 3.39. The lowest BCUT2D eigenvalue weighted by molar-refractivity contribution is -0.763. The molecule has 0 radical (unpaired) electrons. The van der Waals surface area contributed by atoms with Crippen molar-refractivity contribution in [3.63, 3.8) is 0 Å². The van der Waals surface area contributed by atoms with Gasteiger partial charge in [0.2, 0.25) is 0 Å². The molecule has 1 rings (SSSR count). The maximum absolute atomic E-state index is 9.93. The lowest BCUT2D eigenvalue weighted by atomic mass is 10.0. The molecule has 0 N–H and O–H groups in total. The molecule has 76 valence electrons. The van der Waals surface area contributed by atoms with Crippen LogP contribution in [0, 0.1) is 10.1 Å². The van der Waals surface area contributed by atoms with Gasteiger partial charge in [-0.1, -0.05) is 38.1 Å². The monoisotopic (exact) mass is 195 g/mol. The van der Waals surface area contributed by atoms with Crippen LogP contribution in [0.3, 0.4) is 0 Å². The summed E-state index contributed by atoms with van der Waals surface area (Å²) in [6.45, 7) is 4.22. The molecule has 0 atom stereocenters. The Kier molecular flexibility index (Phi) is 3.45. The Morgan fingerprint density at radius 1 is 1.36 bits per heavy atom. The average molecular weight is 195 g/mol. The molecule has 0 aliphatic rings. The van der Waals surface area contributed by atoms with Crippen LogP contribution in [0.15, 0.2) is 24.3 Å². The van der Waals surface area contributed by atoms with Crippen LogP contribution in [0.2, 0.25) is 0 Å². The third-order valence-corrected chi connectivity index (χ3v) is 1.98. The molecule has 0 spiro atoms. The Morgan fingerprint density at radius 3 is 2.36 bits per heavy atom. The predicted octanol–water partition coefficient (Wildman–Crippen LogP) is 2.52. The van der Waals surface area contributed by atoms with E-state index in [1.165, 1.54) is 5.56 Å². The number of rotatable bonds is 4. The van der Waals surface area contributed by atoms with E-state index in [0.717, 1.165) is 5.56 Å². The molecule has 4 nitrogen and oxygen atoms in total. The third kappa shape index (κ3) is 3.05. The van der Waals surface area contributed by atoms with Gasteiger partial charge in [0.1, 0.15) is 6.61 Å². The van der Waals surface area contributed by atoms with Gasteiger partial charge < -0.3 is 4.84 Å². The summed E-state index contributed by atoms with van der Waals surface area (Å²) in [4.78, 5) is 14.2. The van der Waals surface area contributed by atoms with Crippen molar-refractivity contribution in [1.82, 2.24) is 0 Å². The largest absolute Gasteiger partial charge is 0.309 e. The third-order valence-electron chi connectivity index (χ3n) is 1.98. The smallest absolute Gasteiger partial charge is 0.294 e. The molecule has 1 aromatic carbocycles. The summed E-state index contributed by atoms with van der Waals surface area (Å²) in [5.74, 6) is 0.473. The van der Waals surface area contributed by atoms with Gasteiger partial charge in [-0.15, -0.1) is 10.1 Å². The van der Waals surface area contributed by atoms with E-state index in [1.54, 1.807) is 0 Å². The van der Waals surface area contributed by atoms with E-state index in [1.807, 2.05) is 24.3 Å².